The largest absolute Gasteiger partial charge is 0.454 e. The highest BCUT2D eigenvalue weighted by Gasteiger charge is 2.56. The van der Waals surface area contributed by atoms with Gasteiger partial charge in [0.2, 0.25) is 0 Å². The predicted octanol–water partition coefficient (Wildman–Crippen LogP) is 1.33. The van der Waals surface area contributed by atoms with Crippen LogP contribution in [0.2, 0.25) is 0 Å². The average molecular weight is 264 g/mol. The lowest BCUT2D eigenvalue weighted by molar-refractivity contribution is -0.140. The number of carbonyl (C=O) groups is 1. The minimum absolute atomic E-state index is 0.00395. The van der Waals surface area contributed by atoms with Gasteiger partial charge in [0.1, 0.15) is 6.10 Å². The molecule has 3 aliphatic rings. The van der Waals surface area contributed by atoms with Crippen LogP contribution in [0.4, 0.5) is 0 Å². The van der Waals surface area contributed by atoms with Crippen LogP contribution in [-0.4, -0.2) is 35.0 Å². The van der Waals surface area contributed by atoms with Gasteiger partial charge in [-0.1, -0.05) is 12.2 Å². The third-order valence-electron chi connectivity index (χ3n) is 5.06. The summed E-state index contributed by atoms with van der Waals surface area (Å²) in [5, 5.41) is 20.2. The molecule has 1 saturated carbocycles. The van der Waals surface area contributed by atoms with Gasteiger partial charge < -0.3 is 14.9 Å². The smallest absolute Gasteiger partial charge is 0.334 e. The Bertz CT molecular complexity index is 479. The van der Waals surface area contributed by atoms with Gasteiger partial charge in [-0.25, -0.2) is 4.79 Å². The molecule has 0 bridgehead atoms. The predicted molar refractivity (Wildman–Crippen MR) is 69.2 cm³/mol. The highest BCUT2D eigenvalue weighted by Crippen LogP contribution is 2.55. The van der Waals surface area contributed by atoms with Crippen LogP contribution in [0.25, 0.3) is 0 Å². The first kappa shape index (κ1) is 12.9. The van der Waals surface area contributed by atoms with E-state index in [1.807, 2.05) is 6.92 Å². The molecule has 4 atom stereocenters. The first-order chi connectivity index (χ1) is 9.00. The molecule has 2 aliphatic carbocycles. The van der Waals surface area contributed by atoms with Crippen LogP contribution >= 0.6 is 0 Å². The molecule has 104 valence electrons. The molecule has 19 heavy (non-hydrogen) atoms. The molecule has 1 unspecified atom stereocenters. The lowest BCUT2D eigenvalue weighted by Gasteiger charge is -2.48. The maximum atomic E-state index is 11.7. The number of esters is 1. The Balaban J connectivity index is 2.11. The molecule has 0 spiro atoms. The molecule has 0 aromatic heterocycles. The van der Waals surface area contributed by atoms with E-state index in [9.17, 15) is 15.0 Å². The molecular weight excluding hydrogens is 244 g/mol. The minimum Gasteiger partial charge on any atom is -0.454 e. The first-order valence-corrected chi connectivity index (χ1v) is 6.89. The number of ether oxygens (including phenoxy) is 1. The third-order valence-corrected chi connectivity index (χ3v) is 5.06. The molecule has 1 heterocycles. The molecule has 0 radical (unpaired) electrons. The van der Waals surface area contributed by atoms with E-state index in [1.165, 1.54) is 5.57 Å². The Morgan fingerprint density at radius 1 is 1.53 bits per heavy atom. The number of allylic oxidation sites excluding steroid dienone is 1. The van der Waals surface area contributed by atoms with Gasteiger partial charge in [-0.2, -0.15) is 0 Å². The zero-order valence-corrected chi connectivity index (χ0v) is 11.2. The zero-order valence-electron chi connectivity index (χ0n) is 11.2. The van der Waals surface area contributed by atoms with Crippen molar-refractivity contribution in [2.45, 2.75) is 44.8 Å². The number of rotatable bonds is 1. The summed E-state index contributed by atoms with van der Waals surface area (Å²) in [6, 6.07) is 0. The Labute approximate surface area is 112 Å². The summed E-state index contributed by atoms with van der Waals surface area (Å²) < 4.78 is 5.45. The molecule has 1 aliphatic heterocycles. The number of aliphatic hydroxyl groups excluding tert-OH is 2. The van der Waals surface area contributed by atoms with E-state index in [1.54, 1.807) is 0 Å². The molecule has 0 aromatic carbocycles. The van der Waals surface area contributed by atoms with Crippen LogP contribution < -0.4 is 0 Å². The summed E-state index contributed by atoms with van der Waals surface area (Å²) in [5.74, 6) is -0.746. The standard InChI is InChI=1S/C15H20O4/c1-8-4-3-5-15(7-16)6-10(17)11-9(2)14(18)19-13(11)12(8)15/h10-11,13,16-17H,2-7H2,1H3/t10-,11-,13+,15?/m1/s1. The topological polar surface area (TPSA) is 66.8 Å². The van der Waals surface area contributed by atoms with Crippen molar-refractivity contribution < 1.29 is 19.7 Å². The zero-order chi connectivity index (χ0) is 13.8. The molecule has 2 fully saturated rings. The van der Waals surface area contributed by atoms with Crippen molar-refractivity contribution in [3.63, 3.8) is 0 Å². The van der Waals surface area contributed by atoms with Gasteiger partial charge in [0.15, 0.2) is 0 Å². The van der Waals surface area contributed by atoms with E-state index in [4.69, 9.17) is 4.74 Å². The molecule has 3 rings (SSSR count). The van der Waals surface area contributed by atoms with Crippen molar-refractivity contribution in [1.82, 2.24) is 0 Å². The number of carbonyl (C=O) groups excluding carboxylic acids is 1. The van der Waals surface area contributed by atoms with E-state index < -0.39 is 23.6 Å². The number of fused-ring (bicyclic) bond motifs is 3. The number of hydrogen-bond acceptors (Lipinski definition) is 4. The SMILES string of the molecule is C=C1C(=O)O[C@@H]2C3=C(C)CCCC3(CO)C[C@@H](O)[C@@H]12. The van der Waals surface area contributed by atoms with E-state index in [0.717, 1.165) is 24.8 Å². The molecular formula is C15H20O4. The van der Waals surface area contributed by atoms with Crippen molar-refractivity contribution in [2.75, 3.05) is 6.61 Å². The Morgan fingerprint density at radius 2 is 2.26 bits per heavy atom. The Hall–Kier alpha value is -1.13. The highest BCUT2D eigenvalue weighted by atomic mass is 16.6. The van der Waals surface area contributed by atoms with Crippen LogP contribution in [0.15, 0.2) is 23.3 Å². The molecule has 4 heteroatoms. The summed E-state index contributed by atoms with van der Waals surface area (Å²) in [7, 11) is 0. The van der Waals surface area contributed by atoms with Crippen molar-refractivity contribution in [2.24, 2.45) is 11.3 Å². The van der Waals surface area contributed by atoms with Gasteiger partial charge in [-0.15, -0.1) is 0 Å². The van der Waals surface area contributed by atoms with Gasteiger partial charge in [0.25, 0.3) is 0 Å². The second kappa shape index (κ2) is 4.18. The van der Waals surface area contributed by atoms with Crippen LogP contribution in [-0.2, 0) is 9.53 Å². The quantitative estimate of drug-likeness (QED) is 0.426. The van der Waals surface area contributed by atoms with E-state index in [2.05, 4.69) is 6.58 Å². The summed E-state index contributed by atoms with van der Waals surface area (Å²) in [6.45, 7) is 5.81. The lowest BCUT2D eigenvalue weighted by Crippen LogP contribution is -2.49. The van der Waals surface area contributed by atoms with E-state index in [-0.39, 0.29) is 12.5 Å². The van der Waals surface area contributed by atoms with Crippen molar-refractivity contribution >= 4 is 5.97 Å². The summed E-state index contributed by atoms with van der Waals surface area (Å²) in [5.41, 5.74) is 2.21. The number of hydrogen-bond donors (Lipinski definition) is 2. The fourth-order valence-corrected chi connectivity index (χ4v) is 4.18. The van der Waals surface area contributed by atoms with Crippen LogP contribution in [0.5, 0.6) is 0 Å². The van der Waals surface area contributed by atoms with Crippen LogP contribution in [0, 0.1) is 11.3 Å². The molecule has 1 saturated heterocycles. The monoisotopic (exact) mass is 264 g/mol. The van der Waals surface area contributed by atoms with E-state index >= 15 is 0 Å². The van der Waals surface area contributed by atoms with Gasteiger partial charge in [0.05, 0.1) is 18.6 Å². The second-order valence-corrected chi connectivity index (χ2v) is 6.13. The Kier molecular flexibility index (Phi) is 2.84. The maximum Gasteiger partial charge on any atom is 0.334 e. The number of aliphatic hydroxyl groups is 2. The molecule has 0 amide bonds. The van der Waals surface area contributed by atoms with Crippen molar-refractivity contribution in [3.05, 3.63) is 23.3 Å². The molecule has 4 nitrogen and oxygen atoms in total. The van der Waals surface area contributed by atoms with Crippen molar-refractivity contribution in [1.29, 1.82) is 0 Å². The third kappa shape index (κ3) is 1.63. The van der Waals surface area contributed by atoms with Gasteiger partial charge in [-0.3, -0.25) is 0 Å². The lowest BCUT2D eigenvalue weighted by atomic mass is 9.58. The van der Waals surface area contributed by atoms with E-state index in [0.29, 0.717) is 12.0 Å². The van der Waals surface area contributed by atoms with Crippen LogP contribution in [0.1, 0.15) is 32.6 Å². The first-order valence-electron chi connectivity index (χ1n) is 6.89. The van der Waals surface area contributed by atoms with Crippen LogP contribution in [0.3, 0.4) is 0 Å². The fraction of sp³-hybridized carbons (Fsp3) is 0.667. The highest BCUT2D eigenvalue weighted by molar-refractivity contribution is 5.91. The second-order valence-electron chi connectivity index (χ2n) is 6.13. The summed E-state index contributed by atoms with van der Waals surface area (Å²) in [4.78, 5) is 11.7. The van der Waals surface area contributed by atoms with Gasteiger partial charge in [-0.05, 0) is 38.2 Å². The summed E-state index contributed by atoms with van der Waals surface area (Å²) >= 11 is 0. The normalized spacial score (nSPS) is 41.9. The Morgan fingerprint density at radius 3 is 2.95 bits per heavy atom. The maximum absolute atomic E-state index is 11.7. The average Bonchev–Trinajstić information content (AvgIpc) is 2.66. The van der Waals surface area contributed by atoms with Gasteiger partial charge in [0, 0.05) is 11.0 Å². The molecule has 0 aromatic rings. The molecule has 2 N–H and O–H groups in total. The van der Waals surface area contributed by atoms with Gasteiger partial charge >= 0.3 is 5.97 Å². The van der Waals surface area contributed by atoms with Crippen molar-refractivity contribution in [3.8, 4) is 0 Å². The summed E-state index contributed by atoms with van der Waals surface area (Å²) in [6.07, 6.45) is 2.24. The minimum atomic E-state index is -0.661. The fourth-order valence-electron chi connectivity index (χ4n) is 4.18.